The number of nitrogens with zero attached hydrogens (tertiary/aromatic N) is 5. The lowest BCUT2D eigenvalue weighted by atomic mass is 9.83. The Morgan fingerprint density at radius 3 is 3.04 bits per heavy atom. The lowest BCUT2D eigenvalue weighted by Crippen LogP contribution is -2.31. The van der Waals surface area contributed by atoms with Gasteiger partial charge in [0, 0.05) is 26.1 Å². The Kier molecular flexibility index (Phi) is 4.46. The first-order valence-electron chi connectivity index (χ1n) is 8.52. The number of urea groups is 1. The van der Waals surface area contributed by atoms with Crippen molar-refractivity contribution in [1.82, 2.24) is 24.8 Å². The second kappa shape index (κ2) is 6.91. The van der Waals surface area contributed by atoms with Crippen molar-refractivity contribution in [3.63, 3.8) is 0 Å². The third-order valence-corrected chi connectivity index (χ3v) is 5.45. The minimum atomic E-state index is -0.246. The molecule has 3 aromatic rings. The number of carbonyl (C=O) groups is 1. The zero-order valence-electron chi connectivity index (χ0n) is 14.7. The molecule has 3 aromatic heterocycles. The molecule has 26 heavy (non-hydrogen) atoms. The van der Waals surface area contributed by atoms with E-state index < -0.39 is 0 Å². The molecule has 0 unspecified atom stereocenters. The van der Waals surface area contributed by atoms with Crippen LogP contribution in [0.4, 0.5) is 10.6 Å². The fraction of sp³-hybridized carbons (Fsp3) is 0.412. The van der Waals surface area contributed by atoms with Gasteiger partial charge in [-0.1, -0.05) is 17.6 Å². The summed E-state index contributed by atoms with van der Waals surface area (Å²) in [7, 11) is 3.52. The predicted molar refractivity (Wildman–Crippen MR) is 97.9 cm³/mol. The summed E-state index contributed by atoms with van der Waals surface area (Å²) in [5, 5.41) is 13.3. The quantitative estimate of drug-likeness (QED) is 0.741. The lowest BCUT2D eigenvalue weighted by Gasteiger charge is -2.22. The molecule has 0 bridgehead atoms. The van der Waals surface area contributed by atoms with Crippen LogP contribution in [0.5, 0.6) is 0 Å². The Morgan fingerprint density at radius 1 is 1.50 bits per heavy atom. The van der Waals surface area contributed by atoms with Gasteiger partial charge in [-0.15, -0.1) is 11.3 Å². The van der Waals surface area contributed by atoms with Gasteiger partial charge in [-0.3, -0.25) is 10.00 Å². The highest BCUT2D eigenvalue weighted by molar-refractivity contribution is 7.13. The standard InChI is InChI=1S/C17H20N6O2S/c1-22(10-15-19-16(21-25-15)13-7-4-8-26-13)17(24)18-14-9-12(20-23(14)2)11-5-3-6-11/h4,7-9,11H,3,5-6,10H2,1-2H3,(H,18,24). The molecule has 1 N–H and O–H groups in total. The maximum Gasteiger partial charge on any atom is 0.323 e. The molecule has 0 saturated heterocycles. The number of amides is 2. The van der Waals surface area contributed by atoms with Crippen LogP contribution in [0.3, 0.4) is 0 Å². The number of nitrogens with one attached hydrogen (secondary N) is 1. The Labute approximate surface area is 154 Å². The van der Waals surface area contributed by atoms with Gasteiger partial charge < -0.3 is 9.42 Å². The van der Waals surface area contributed by atoms with Gasteiger partial charge >= 0.3 is 6.03 Å². The van der Waals surface area contributed by atoms with Gasteiger partial charge in [0.1, 0.15) is 12.4 Å². The molecular weight excluding hydrogens is 352 g/mol. The van der Waals surface area contributed by atoms with Crippen LogP contribution in [0.2, 0.25) is 0 Å². The Hall–Kier alpha value is -2.68. The lowest BCUT2D eigenvalue weighted by molar-refractivity contribution is 0.213. The molecule has 136 valence electrons. The van der Waals surface area contributed by atoms with Gasteiger partial charge in [0.2, 0.25) is 11.7 Å². The minimum absolute atomic E-state index is 0.234. The van der Waals surface area contributed by atoms with E-state index in [9.17, 15) is 4.79 Å². The maximum atomic E-state index is 12.5. The first kappa shape index (κ1) is 16.8. The molecule has 1 aliphatic rings. The molecule has 9 heteroatoms. The van der Waals surface area contributed by atoms with E-state index in [0.29, 0.717) is 23.5 Å². The summed E-state index contributed by atoms with van der Waals surface area (Å²) in [6.07, 6.45) is 3.60. The van der Waals surface area contributed by atoms with Crippen molar-refractivity contribution in [2.75, 3.05) is 12.4 Å². The second-order valence-corrected chi connectivity index (χ2v) is 7.43. The topological polar surface area (TPSA) is 89.1 Å². The highest BCUT2D eigenvalue weighted by atomic mass is 32.1. The number of thiophene rings is 1. The summed E-state index contributed by atoms with van der Waals surface area (Å²) in [6, 6.07) is 5.57. The maximum absolute atomic E-state index is 12.5. The third kappa shape index (κ3) is 3.34. The van der Waals surface area contributed by atoms with Crippen molar-refractivity contribution in [3.05, 3.63) is 35.2 Å². The van der Waals surface area contributed by atoms with Crippen molar-refractivity contribution in [3.8, 4) is 10.7 Å². The molecule has 0 radical (unpaired) electrons. The molecule has 1 fully saturated rings. The summed E-state index contributed by atoms with van der Waals surface area (Å²) in [4.78, 5) is 19.2. The highest BCUT2D eigenvalue weighted by Crippen LogP contribution is 2.36. The average Bonchev–Trinajstić information content (AvgIpc) is 3.28. The van der Waals surface area contributed by atoms with Crippen LogP contribution >= 0.6 is 11.3 Å². The van der Waals surface area contributed by atoms with E-state index in [1.54, 1.807) is 23.1 Å². The number of hydrogen-bond acceptors (Lipinski definition) is 6. The molecule has 4 rings (SSSR count). The summed E-state index contributed by atoms with van der Waals surface area (Å²) >= 11 is 1.54. The molecule has 0 aromatic carbocycles. The van der Waals surface area contributed by atoms with Gasteiger partial charge in [-0.2, -0.15) is 10.1 Å². The second-order valence-electron chi connectivity index (χ2n) is 6.48. The molecule has 0 aliphatic heterocycles. The normalized spacial score (nSPS) is 14.2. The molecule has 8 nitrogen and oxygen atoms in total. The van der Waals surface area contributed by atoms with Crippen LogP contribution in [-0.2, 0) is 13.6 Å². The predicted octanol–water partition coefficient (Wildman–Crippen LogP) is 3.46. The van der Waals surface area contributed by atoms with Gasteiger partial charge in [0.05, 0.1) is 10.6 Å². The zero-order valence-corrected chi connectivity index (χ0v) is 15.5. The van der Waals surface area contributed by atoms with Crippen LogP contribution < -0.4 is 5.32 Å². The Morgan fingerprint density at radius 2 is 2.35 bits per heavy atom. The van der Waals surface area contributed by atoms with Crippen molar-refractivity contribution < 1.29 is 9.32 Å². The van der Waals surface area contributed by atoms with E-state index in [0.717, 1.165) is 10.6 Å². The van der Waals surface area contributed by atoms with Crippen LogP contribution in [0.15, 0.2) is 28.1 Å². The van der Waals surface area contributed by atoms with Crippen LogP contribution in [0.25, 0.3) is 10.7 Å². The van der Waals surface area contributed by atoms with Crippen molar-refractivity contribution in [2.24, 2.45) is 7.05 Å². The Bertz CT molecular complexity index is 896. The number of aryl methyl sites for hydroxylation is 1. The number of rotatable bonds is 5. The summed E-state index contributed by atoms with van der Waals surface area (Å²) < 4.78 is 6.96. The van der Waals surface area contributed by atoms with E-state index in [4.69, 9.17) is 4.52 Å². The monoisotopic (exact) mass is 372 g/mol. The number of aromatic nitrogens is 4. The number of anilines is 1. The Balaban J connectivity index is 1.38. The average molecular weight is 372 g/mol. The van der Waals surface area contributed by atoms with Crippen LogP contribution in [-0.4, -0.2) is 37.9 Å². The number of hydrogen-bond donors (Lipinski definition) is 1. The summed E-state index contributed by atoms with van der Waals surface area (Å²) in [5.41, 5.74) is 1.05. The van der Waals surface area contributed by atoms with E-state index in [-0.39, 0.29) is 12.6 Å². The van der Waals surface area contributed by atoms with Crippen molar-refractivity contribution >= 4 is 23.2 Å². The summed E-state index contributed by atoms with van der Waals surface area (Å²) in [6.45, 7) is 0.234. The molecule has 2 amide bonds. The molecule has 1 saturated carbocycles. The minimum Gasteiger partial charge on any atom is -0.337 e. The fourth-order valence-electron chi connectivity index (χ4n) is 2.81. The molecule has 0 spiro atoms. The van der Waals surface area contributed by atoms with Crippen molar-refractivity contribution in [1.29, 1.82) is 0 Å². The van der Waals surface area contributed by atoms with Gasteiger partial charge in [-0.25, -0.2) is 4.79 Å². The first-order chi connectivity index (χ1) is 12.6. The molecular formula is C17H20N6O2S. The summed E-state index contributed by atoms with van der Waals surface area (Å²) in [5.74, 6) is 2.15. The molecule has 0 atom stereocenters. The van der Waals surface area contributed by atoms with Gasteiger partial charge in [0.15, 0.2) is 0 Å². The van der Waals surface area contributed by atoms with Crippen LogP contribution in [0, 0.1) is 0 Å². The fourth-order valence-corrected chi connectivity index (χ4v) is 3.46. The zero-order chi connectivity index (χ0) is 18.1. The van der Waals surface area contributed by atoms with E-state index in [1.165, 1.54) is 24.2 Å². The van der Waals surface area contributed by atoms with Gasteiger partial charge in [-0.05, 0) is 24.3 Å². The highest BCUT2D eigenvalue weighted by Gasteiger charge is 2.24. The van der Waals surface area contributed by atoms with Gasteiger partial charge in [0.25, 0.3) is 0 Å². The van der Waals surface area contributed by atoms with Crippen molar-refractivity contribution in [2.45, 2.75) is 31.7 Å². The van der Waals surface area contributed by atoms with E-state index in [1.807, 2.05) is 30.6 Å². The third-order valence-electron chi connectivity index (χ3n) is 4.59. The SMILES string of the molecule is CN(Cc1nc(-c2cccs2)no1)C(=O)Nc1cc(C2CCC2)nn1C. The smallest absolute Gasteiger partial charge is 0.323 e. The first-order valence-corrected chi connectivity index (χ1v) is 9.40. The van der Waals surface area contributed by atoms with E-state index >= 15 is 0 Å². The van der Waals surface area contributed by atoms with Crippen LogP contribution in [0.1, 0.15) is 36.8 Å². The largest absolute Gasteiger partial charge is 0.337 e. The molecule has 1 aliphatic carbocycles. The number of carbonyl (C=O) groups excluding carboxylic acids is 1. The molecule has 3 heterocycles. The van der Waals surface area contributed by atoms with E-state index in [2.05, 4.69) is 20.6 Å².